The molecule has 1 aromatic carbocycles. The van der Waals surface area contributed by atoms with Crippen molar-refractivity contribution < 1.29 is 9.53 Å². The number of nitrogens with zero attached hydrogens (tertiary/aromatic N) is 5. The fraction of sp³-hybridized carbons (Fsp3) is 0.545. The number of amides is 1. The number of carbonyl (C=O) groups excluding carboxylic acids is 1. The summed E-state index contributed by atoms with van der Waals surface area (Å²) in [5.41, 5.74) is 1.61. The van der Waals surface area contributed by atoms with Gasteiger partial charge in [0, 0.05) is 27.2 Å². The third-order valence-electron chi connectivity index (χ3n) is 4.51. The molecule has 1 heterocycles. The Morgan fingerprint density at radius 2 is 1.81 bits per heavy atom. The van der Waals surface area contributed by atoms with E-state index >= 15 is 0 Å². The van der Waals surface area contributed by atoms with E-state index in [1.165, 1.54) is 0 Å². The fourth-order valence-corrected chi connectivity index (χ4v) is 2.71. The maximum absolute atomic E-state index is 12.1. The third kappa shape index (κ3) is 7.92. The Hall–Kier alpha value is -3.10. The Kier molecular flexibility index (Phi) is 8.41. The molecule has 0 atom stereocenters. The molecule has 0 aliphatic rings. The van der Waals surface area contributed by atoms with Gasteiger partial charge < -0.3 is 24.8 Å². The summed E-state index contributed by atoms with van der Waals surface area (Å²) in [5, 5.41) is 14.8. The van der Waals surface area contributed by atoms with Gasteiger partial charge in [0.2, 0.25) is 0 Å². The molecule has 0 aliphatic carbocycles. The van der Waals surface area contributed by atoms with Crippen LogP contribution in [0.25, 0.3) is 0 Å². The number of benzene rings is 1. The van der Waals surface area contributed by atoms with Crippen LogP contribution in [0.4, 0.5) is 4.79 Å². The number of nitrogens with one attached hydrogen (secondary N) is 2. The van der Waals surface area contributed by atoms with Gasteiger partial charge in [0.1, 0.15) is 11.4 Å². The minimum Gasteiger partial charge on any atom is -0.444 e. The molecule has 0 fully saturated rings. The van der Waals surface area contributed by atoms with Gasteiger partial charge in [-0.15, -0.1) is 10.2 Å². The minimum atomic E-state index is -0.503. The van der Waals surface area contributed by atoms with Crippen molar-refractivity contribution in [2.24, 2.45) is 12.0 Å². The first-order chi connectivity index (χ1) is 14.6. The van der Waals surface area contributed by atoms with E-state index in [0.29, 0.717) is 19.6 Å². The first-order valence-electron chi connectivity index (χ1n) is 10.5. The highest BCUT2D eigenvalue weighted by Gasteiger charge is 2.19. The highest BCUT2D eigenvalue weighted by atomic mass is 16.6. The molecule has 2 rings (SSSR count). The number of guanidine groups is 1. The number of aryl methyl sites for hydroxylation is 1. The van der Waals surface area contributed by atoms with Crippen LogP contribution in [0.2, 0.25) is 0 Å². The monoisotopic (exact) mass is 429 g/mol. The van der Waals surface area contributed by atoms with Gasteiger partial charge in [-0.3, -0.25) is 0 Å². The van der Waals surface area contributed by atoms with Crippen LogP contribution in [0.15, 0.2) is 29.3 Å². The number of ether oxygens (including phenoxy) is 1. The van der Waals surface area contributed by atoms with Gasteiger partial charge in [0.15, 0.2) is 11.8 Å². The van der Waals surface area contributed by atoms with Gasteiger partial charge in [-0.05, 0) is 45.7 Å². The van der Waals surface area contributed by atoms with E-state index < -0.39 is 5.60 Å². The Balaban J connectivity index is 1.92. The summed E-state index contributed by atoms with van der Waals surface area (Å²) >= 11 is 0. The van der Waals surface area contributed by atoms with Crippen LogP contribution in [0.1, 0.15) is 50.5 Å². The van der Waals surface area contributed by atoms with E-state index in [9.17, 15) is 4.79 Å². The lowest BCUT2D eigenvalue weighted by molar-refractivity contribution is 0.0285. The van der Waals surface area contributed by atoms with Gasteiger partial charge in [-0.25, -0.2) is 9.79 Å². The lowest BCUT2D eigenvalue weighted by Gasteiger charge is -2.24. The number of rotatable bonds is 7. The summed E-state index contributed by atoms with van der Waals surface area (Å²) < 4.78 is 7.34. The zero-order valence-electron chi connectivity index (χ0n) is 19.7. The summed E-state index contributed by atoms with van der Waals surface area (Å²) in [4.78, 5) is 18.3. The maximum Gasteiger partial charge on any atom is 0.410 e. The van der Waals surface area contributed by atoms with Crippen LogP contribution in [0, 0.1) is 6.92 Å². The molecule has 2 aromatic rings. The number of aromatic nitrogens is 3. The Labute approximate surface area is 184 Å². The molecule has 1 amide bonds. The van der Waals surface area contributed by atoms with Crippen LogP contribution in [-0.2, 0) is 31.4 Å². The molecule has 0 radical (unpaired) electrons. The molecule has 0 bridgehead atoms. The standard InChI is InChI=1S/C22H35N7O2/c1-8-23-20(25-14-19-27-26-16(2)29(19)7)24-13-17-9-11-18(12-10-17)15-28(6)21(30)31-22(3,4)5/h9-12H,8,13-15H2,1-7H3,(H2,23,24,25). The Morgan fingerprint density at radius 3 is 2.35 bits per heavy atom. The zero-order valence-corrected chi connectivity index (χ0v) is 19.7. The minimum absolute atomic E-state index is 0.333. The van der Waals surface area contributed by atoms with E-state index in [1.54, 1.807) is 11.9 Å². The predicted octanol–water partition coefficient (Wildman–Crippen LogP) is 2.75. The second kappa shape index (κ2) is 10.8. The summed E-state index contributed by atoms with van der Waals surface area (Å²) in [6, 6.07) is 8.07. The second-order valence-corrected chi connectivity index (χ2v) is 8.42. The van der Waals surface area contributed by atoms with Gasteiger partial charge in [0.25, 0.3) is 0 Å². The van der Waals surface area contributed by atoms with Crippen LogP contribution in [-0.4, -0.2) is 50.9 Å². The van der Waals surface area contributed by atoms with Crippen molar-refractivity contribution in [1.29, 1.82) is 0 Å². The summed E-state index contributed by atoms with van der Waals surface area (Å²) in [5.74, 6) is 2.44. The third-order valence-corrected chi connectivity index (χ3v) is 4.51. The van der Waals surface area contributed by atoms with Crippen molar-refractivity contribution in [2.75, 3.05) is 13.6 Å². The van der Waals surface area contributed by atoms with Crippen LogP contribution >= 0.6 is 0 Å². The smallest absolute Gasteiger partial charge is 0.410 e. The van der Waals surface area contributed by atoms with E-state index in [2.05, 4.69) is 25.8 Å². The Morgan fingerprint density at radius 1 is 1.16 bits per heavy atom. The molecule has 9 heteroatoms. The predicted molar refractivity (Wildman–Crippen MR) is 122 cm³/mol. The van der Waals surface area contributed by atoms with Crippen LogP contribution < -0.4 is 10.6 Å². The van der Waals surface area contributed by atoms with E-state index in [4.69, 9.17) is 4.74 Å². The fourth-order valence-electron chi connectivity index (χ4n) is 2.71. The Bertz CT molecular complexity index is 882. The quantitative estimate of drug-likeness (QED) is 0.519. The number of hydrogen-bond acceptors (Lipinski definition) is 5. The topological polar surface area (TPSA) is 96.7 Å². The number of hydrogen-bond donors (Lipinski definition) is 2. The van der Waals surface area contributed by atoms with E-state index in [-0.39, 0.29) is 6.09 Å². The average Bonchev–Trinajstić information content (AvgIpc) is 3.02. The maximum atomic E-state index is 12.1. The summed E-state index contributed by atoms with van der Waals surface area (Å²) in [7, 11) is 3.68. The molecule has 0 aliphatic heterocycles. The molecule has 0 spiro atoms. The summed E-state index contributed by atoms with van der Waals surface area (Å²) in [6.45, 7) is 11.9. The first-order valence-corrected chi connectivity index (χ1v) is 10.5. The van der Waals surface area contributed by atoms with Crippen molar-refractivity contribution in [1.82, 2.24) is 30.3 Å². The number of carbonyl (C=O) groups is 1. The van der Waals surface area contributed by atoms with Crippen LogP contribution in [0.5, 0.6) is 0 Å². The molecular formula is C22H35N7O2. The highest BCUT2D eigenvalue weighted by Crippen LogP contribution is 2.12. The lowest BCUT2D eigenvalue weighted by atomic mass is 10.1. The lowest BCUT2D eigenvalue weighted by Crippen LogP contribution is -2.37. The second-order valence-electron chi connectivity index (χ2n) is 8.42. The van der Waals surface area contributed by atoms with Gasteiger partial charge in [-0.1, -0.05) is 24.3 Å². The van der Waals surface area contributed by atoms with Crippen molar-refractivity contribution in [3.8, 4) is 0 Å². The average molecular weight is 430 g/mol. The first kappa shape index (κ1) is 24.2. The largest absolute Gasteiger partial charge is 0.444 e. The molecular weight excluding hydrogens is 394 g/mol. The molecule has 31 heavy (non-hydrogen) atoms. The molecule has 0 saturated carbocycles. The van der Waals surface area contributed by atoms with Crippen molar-refractivity contribution in [3.63, 3.8) is 0 Å². The van der Waals surface area contributed by atoms with E-state index in [1.807, 2.05) is 70.5 Å². The number of aliphatic imine (C=N–C) groups is 1. The van der Waals surface area contributed by atoms with Gasteiger partial charge >= 0.3 is 6.09 Å². The molecule has 170 valence electrons. The van der Waals surface area contributed by atoms with Crippen molar-refractivity contribution >= 4 is 12.1 Å². The molecule has 2 N–H and O–H groups in total. The highest BCUT2D eigenvalue weighted by molar-refractivity contribution is 5.79. The summed E-state index contributed by atoms with van der Waals surface area (Å²) in [6.07, 6.45) is -0.333. The normalized spacial score (nSPS) is 11.9. The van der Waals surface area contributed by atoms with Gasteiger partial charge in [-0.2, -0.15) is 0 Å². The molecule has 1 aromatic heterocycles. The molecule has 0 unspecified atom stereocenters. The van der Waals surface area contributed by atoms with E-state index in [0.717, 1.165) is 35.3 Å². The molecule has 9 nitrogen and oxygen atoms in total. The van der Waals surface area contributed by atoms with Gasteiger partial charge in [0.05, 0.1) is 13.1 Å². The van der Waals surface area contributed by atoms with Crippen molar-refractivity contribution in [3.05, 3.63) is 47.0 Å². The van der Waals surface area contributed by atoms with Crippen molar-refractivity contribution in [2.45, 2.75) is 59.9 Å². The zero-order chi connectivity index (χ0) is 23.0. The SMILES string of the molecule is CCNC(=NCc1ccc(CN(C)C(=O)OC(C)(C)C)cc1)NCc1nnc(C)n1C. The van der Waals surface area contributed by atoms with Crippen LogP contribution in [0.3, 0.4) is 0 Å². The molecule has 0 saturated heterocycles.